The number of hydrogen-bond donors (Lipinski definition) is 0. The van der Waals surface area contributed by atoms with Crippen molar-refractivity contribution in [2.24, 2.45) is 5.92 Å². The molecule has 0 unspecified atom stereocenters. The Hall–Kier alpha value is -2.94. The molecule has 0 N–H and O–H groups in total. The van der Waals surface area contributed by atoms with E-state index in [1.807, 2.05) is 0 Å². The third kappa shape index (κ3) is 6.77. The first-order chi connectivity index (χ1) is 15.6. The Morgan fingerprint density at radius 2 is 1.79 bits per heavy atom. The molecule has 178 valence electrons. The van der Waals surface area contributed by atoms with Gasteiger partial charge in [-0.25, -0.2) is 12.8 Å². The van der Waals surface area contributed by atoms with E-state index >= 15 is 0 Å². The average Bonchev–Trinajstić information content (AvgIpc) is 2.81. The van der Waals surface area contributed by atoms with Crippen LogP contribution in [-0.4, -0.2) is 69.6 Å². The van der Waals surface area contributed by atoms with Crippen LogP contribution in [0.2, 0.25) is 0 Å². The summed E-state index contributed by atoms with van der Waals surface area (Å²) in [5, 5.41) is 0. The van der Waals surface area contributed by atoms with Gasteiger partial charge in [0.05, 0.1) is 11.5 Å². The summed E-state index contributed by atoms with van der Waals surface area (Å²) < 4.78 is 42.0. The quantitative estimate of drug-likeness (QED) is 0.547. The Morgan fingerprint density at radius 3 is 2.42 bits per heavy atom. The van der Waals surface area contributed by atoms with Gasteiger partial charge in [0.15, 0.2) is 9.84 Å². The third-order valence-electron chi connectivity index (χ3n) is 5.74. The highest BCUT2D eigenvalue weighted by Crippen LogP contribution is 2.22. The number of carbonyl (C=O) groups excluding carboxylic acids is 2. The average molecular weight is 477 g/mol. The molecule has 7 nitrogen and oxygen atoms in total. The minimum Gasteiger partial charge on any atom is -0.493 e. The van der Waals surface area contributed by atoms with E-state index in [1.165, 1.54) is 36.4 Å². The Morgan fingerprint density at radius 1 is 1.12 bits per heavy atom. The van der Waals surface area contributed by atoms with Gasteiger partial charge in [0, 0.05) is 44.4 Å². The molecule has 1 fully saturated rings. The summed E-state index contributed by atoms with van der Waals surface area (Å²) >= 11 is 0. The number of amides is 2. The molecule has 0 bridgehead atoms. The van der Waals surface area contributed by atoms with Gasteiger partial charge in [0.25, 0.3) is 5.91 Å². The molecule has 1 aliphatic heterocycles. The molecule has 2 aromatic carbocycles. The molecule has 0 radical (unpaired) electrons. The van der Waals surface area contributed by atoms with Gasteiger partial charge in [-0.15, -0.1) is 0 Å². The first-order valence-corrected chi connectivity index (χ1v) is 12.8. The maximum atomic E-state index is 13.1. The van der Waals surface area contributed by atoms with Gasteiger partial charge in [-0.2, -0.15) is 0 Å². The van der Waals surface area contributed by atoms with Crippen molar-refractivity contribution in [2.75, 3.05) is 39.5 Å². The summed E-state index contributed by atoms with van der Waals surface area (Å²) in [5.41, 5.74) is 0.445. The number of carbonyl (C=O) groups is 2. The molecule has 1 saturated heterocycles. The van der Waals surface area contributed by atoms with Crippen LogP contribution in [0.3, 0.4) is 0 Å². The fourth-order valence-electron chi connectivity index (χ4n) is 3.81. The van der Waals surface area contributed by atoms with Crippen LogP contribution < -0.4 is 4.74 Å². The van der Waals surface area contributed by atoms with Gasteiger partial charge in [0.2, 0.25) is 5.91 Å². The molecule has 9 heteroatoms. The molecule has 3 rings (SSSR count). The second-order valence-electron chi connectivity index (χ2n) is 8.28. The van der Waals surface area contributed by atoms with E-state index in [1.54, 1.807) is 29.0 Å². The van der Waals surface area contributed by atoms with Crippen molar-refractivity contribution in [1.29, 1.82) is 0 Å². The molecule has 0 aromatic heterocycles. The topological polar surface area (TPSA) is 84.0 Å². The van der Waals surface area contributed by atoms with E-state index in [0.29, 0.717) is 56.8 Å². The van der Waals surface area contributed by atoms with Crippen molar-refractivity contribution in [3.05, 3.63) is 59.9 Å². The van der Waals surface area contributed by atoms with E-state index in [0.717, 1.165) is 6.26 Å². The zero-order valence-corrected chi connectivity index (χ0v) is 19.7. The van der Waals surface area contributed by atoms with Crippen molar-refractivity contribution in [1.82, 2.24) is 9.80 Å². The number of halogens is 1. The first kappa shape index (κ1) is 24.7. The largest absolute Gasteiger partial charge is 0.493 e. The molecule has 1 aliphatic rings. The molecule has 2 aromatic rings. The van der Waals surface area contributed by atoms with Gasteiger partial charge in [-0.05, 0) is 61.7 Å². The lowest BCUT2D eigenvalue weighted by Crippen LogP contribution is -2.43. The van der Waals surface area contributed by atoms with Crippen molar-refractivity contribution in [3.63, 3.8) is 0 Å². The number of likely N-dealkylation sites (tertiary alicyclic amines) is 1. The van der Waals surface area contributed by atoms with Crippen LogP contribution in [0.4, 0.5) is 4.39 Å². The van der Waals surface area contributed by atoms with Gasteiger partial charge in [-0.1, -0.05) is 6.07 Å². The smallest absolute Gasteiger partial charge is 0.253 e. The maximum Gasteiger partial charge on any atom is 0.253 e. The highest BCUT2D eigenvalue weighted by molar-refractivity contribution is 7.90. The molecule has 33 heavy (non-hydrogen) atoms. The van der Waals surface area contributed by atoms with Crippen molar-refractivity contribution >= 4 is 21.7 Å². The summed E-state index contributed by atoms with van der Waals surface area (Å²) in [5.74, 6) is -0.147. The van der Waals surface area contributed by atoms with Gasteiger partial charge < -0.3 is 14.5 Å². The van der Waals surface area contributed by atoms with Gasteiger partial charge in [-0.3, -0.25) is 9.59 Å². The van der Waals surface area contributed by atoms with Crippen LogP contribution in [0, 0.1) is 11.7 Å². The minimum atomic E-state index is -3.29. The summed E-state index contributed by atoms with van der Waals surface area (Å²) in [6.45, 7) is 1.84. The second-order valence-corrected chi connectivity index (χ2v) is 10.3. The third-order valence-corrected chi connectivity index (χ3v) is 6.85. The van der Waals surface area contributed by atoms with E-state index in [2.05, 4.69) is 0 Å². The number of nitrogens with zero attached hydrogens (tertiary/aromatic N) is 2. The number of rotatable bonds is 8. The number of piperidine rings is 1. The highest BCUT2D eigenvalue weighted by atomic mass is 32.2. The molecule has 2 amide bonds. The van der Waals surface area contributed by atoms with E-state index in [9.17, 15) is 22.4 Å². The number of ether oxygens (including phenoxy) is 1. The fraction of sp³-hybridized carbons (Fsp3) is 0.417. The standard InChI is InChI=1S/C24H29FN2O5S/c1-26(13-4-16-32-21-5-3-6-22(17-21)33(2,30)31)23(28)19-11-14-27(15-12-19)24(29)18-7-9-20(25)10-8-18/h3,5-10,17,19H,4,11-16H2,1-2H3. The minimum absolute atomic E-state index is 0.0444. The monoisotopic (exact) mass is 476 g/mol. The molecular weight excluding hydrogens is 447 g/mol. The lowest BCUT2D eigenvalue weighted by Gasteiger charge is -2.33. The normalized spacial score (nSPS) is 14.7. The van der Waals surface area contributed by atoms with Crippen LogP contribution in [0.15, 0.2) is 53.4 Å². The Kier molecular flexibility index (Phi) is 8.07. The lowest BCUT2D eigenvalue weighted by atomic mass is 9.95. The SMILES string of the molecule is CN(CCCOc1cccc(S(C)(=O)=O)c1)C(=O)C1CCN(C(=O)c2ccc(F)cc2)CC1. The molecule has 0 atom stereocenters. The lowest BCUT2D eigenvalue weighted by molar-refractivity contribution is -0.135. The van der Waals surface area contributed by atoms with Crippen molar-refractivity contribution in [2.45, 2.75) is 24.2 Å². The van der Waals surface area contributed by atoms with E-state index in [4.69, 9.17) is 4.74 Å². The van der Waals surface area contributed by atoms with Gasteiger partial charge >= 0.3 is 0 Å². The van der Waals surface area contributed by atoms with Crippen LogP contribution in [-0.2, 0) is 14.6 Å². The Balaban J connectivity index is 1.41. The first-order valence-electron chi connectivity index (χ1n) is 10.9. The number of hydrogen-bond acceptors (Lipinski definition) is 5. The molecule has 1 heterocycles. The number of sulfone groups is 1. The van der Waals surface area contributed by atoms with E-state index in [-0.39, 0.29) is 28.4 Å². The highest BCUT2D eigenvalue weighted by Gasteiger charge is 2.29. The summed E-state index contributed by atoms with van der Waals surface area (Å²) in [6, 6.07) is 11.8. The fourth-order valence-corrected chi connectivity index (χ4v) is 4.47. The Bertz CT molecular complexity index is 1080. The molecule has 0 saturated carbocycles. The number of benzene rings is 2. The Labute approximate surface area is 194 Å². The van der Waals surface area contributed by atoms with Crippen LogP contribution >= 0.6 is 0 Å². The zero-order valence-electron chi connectivity index (χ0n) is 18.9. The summed E-state index contributed by atoms with van der Waals surface area (Å²) in [6.07, 6.45) is 2.93. The van der Waals surface area contributed by atoms with E-state index < -0.39 is 9.84 Å². The zero-order chi connectivity index (χ0) is 24.0. The van der Waals surface area contributed by atoms with Crippen molar-refractivity contribution in [3.8, 4) is 5.75 Å². The van der Waals surface area contributed by atoms with Gasteiger partial charge in [0.1, 0.15) is 11.6 Å². The van der Waals surface area contributed by atoms with Crippen LogP contribution in [0.25, 0.3) is 0 Å². The van der Waals surface area contributed by atoms with Crippen LogP contribution in [0.5, 0.6) is 5.75 Å². The van der Waals surface area contributed by atoms with Crippen LogP contribution in [0.1, 0.15) is 29.6 Å². The molecular formula is C24H29FN2O5S. The maximum absolute atomic E-state index is 13.1. The predicted molar refractivity (Wildman–Crippen MR) is 122 cm³/mol. The van der Waals surface area contributed by atoms with Crippen molar-refractivity contribution < 1.29 is 27.1 Å². The second kappa shape index (κ2) is 10.8. The predicted octanol–water partition coefficient (Wildman–Crippen LogP) is 3.01. The summed E-state index contributed by atoms with van der Waals surface area (Å²) in [4.78, 5) is 28.9. The molecule has 0 spiro atoms. The summed E-state index contributed by atoms with van der Waals surface area (Å²) in [7, 11) is -1.54. The molecule has 0 aliphatic carbocycles.